The fourth-order valence-corrected chi connectivity index (χ4v) is 5.38. The van der Waals surface area contributed by atoms with E-state index in [1.54, 1.807) is 36.5 Å². The molecule has 0 unspecified atom stereocenters. The molecule has 3 rings (SSSR count). The molecule has 146 valence electrons. The van der Waals surface area contributed by atoms with Crippen molar-refractivity contribution in [1.29, 1.82) is 0 Å². The van der Waals surface area contributed by atoms with Crippen LogP contribution >= 0.6 is 11.6 Å². The molecule has 1 fully saturated rings. The number of hydrogen-bond donors (Lipinski definition) is 0. The van der Waals surface area contributed by atoms with Crippen molar-refractivity contribution in [2.24, 2.45) is 7.05 Å². The Hall–Kier alpha value is -1.90. The van der Waals surface area contributed by atoms with Gasteiger partial charge >= 0.3 is 0 Å². The van der Waals surface area contributed by atoms with Crippen LogP contribution in [0.15, 0.2) is 29.2 Å². The van der Waals surface area contributed by atoms with Crippen molar-refractivity contribution in [1.82, 2.24) is 19.0 Å². The molecule has 0 aliphatic carbocycles. The van der Waals surface area contributed by atoms with Crippen LogP contribution in [0.2, 0.25) is 5.02 Å². The summed E-state index contributed by atoms with van der Waals surface area (Å²) in [5.74, 6) is -0.0473. The van der Waals surface area contributed by atoms with Gasteiger partial charge in [-0.3, -0.25) is 9.48 Å². The van der Waals surface area contributed by atoms with Gasteiger partial charge in [-0.1, -0.05) is 29.8 Å². The monoisotopic (exact) mass is 410 g/mol. The van der Waals surface area contributed by atoms with Gasteiger partial charge in [-0.15, -0.1) is 0 Å². The summed E-state index contributed by atoms with van der Waals surface area (Å²) in [6.45, 7) is 4.70. The first-order valence-electron chi connectivity index (χ1n) is 8.73. The molecule has 1 aliphatic rings. The van der Waals surface area contributed by atoms with Crippen molar-refractivity contribution >= 4 is 27.5 Å². The molecule has 0 saturated carbocycles. The highest BCUT2D eigenvalue weighted by molar-refractivity contribution is 7.89. The van der Waals surface area contributed by atoms with E-state index in [0.29, 0.717) is 29.5 Å². The minimum absolute atomic E-state index is 0.0473. The van der Waals surface area contributed by atoms with Crippen LogP contribution in [-0.4, -0.2) is 59.5 Å². The van der Waals surface area contributed by atoms with Gasteiger partial charge < -0.3 is 4.90 Å². The third-order valence-electron chi connectivity index (χ3n) is 4.93. The topological polar surface area (TPSA) is 75.5 Å². The summed E-state index contributed by atoms with van der Waals surface area (Å²) in [7, 11) is -1.90. The number of carbonyl (C=O) groups excluding carboxylic acids is 1. The lowest BCUT2D eigenvalue weighted by Crippen LogP contribution is -2.51. The smallest absolute Gasteiger partial charge is 0.246 e. The molecule has 1 saturated heterocycles. The Bertz CT molecular complexity index is 963. The number of aromatic nitrogens is 2. The molecule has 0 atom stereocenters. The Morgan fingerprint density at radius 3 is 2.33 bits per heavy atom. The normalized spacial score (nSPS) is 15.9. The molecule has 0 spiro atoms. The van der Waals surface area contributed by atoms with E-state index in [1.807, 2.05) is 18.2 Å². The van der Waals surface area contributed by atoms with Crippen molar-refractivity contribution in [3.8, 4) is 0 Å². The van der Waals surface area contributed by atoms with E-state index >= 15 is 0 Å². The maximum Gasteiger partial charge on any atom is 0.246 e. The lowest BCUT2D eigenvalue weighted by Gasteiger charge is -2.34. The number of aryl methyl sites for hydroxylation is 2. The molecule has 1 aromatic carbocycles. The second-order valence-corrected chi connectivity index (χ2v) is 8.96. The van der Waals surface area contributed by atoms with Gasteiger partial charge in [0.2, 0.25) is 15.9 Å². The summed E-state index contributed by atoms with van der Waals surface area (Å²) in [6.07, 6.45) is 0.216. The van der Waals surface area contributed by atoms with E-state index in [1.165, 1.54) is 4.31 Å². The zero-order valence-corrected chi connectivity index (χ0v) is 17.2. The lowest BCUT2D eigenvalue weighted by molar-refractivity contribution is -0.131. The molecular weight excluding hydrogens is 388 g/mol. The summed E-state index contributed by atoms with van der Waals surface area (Å²) < 4.78 is 29.0. The van der Waals surface area contributed by atoms with Crippen LogP contribution < -0.4 is 0 Å². The van der Waals surface area contributed by atoms with Crippen molar-refractivity contribution < 1.29 is 13.2 Å². The van der Waals surface area contributed by atoms with Gasteiger partial charge in [-0.25, -0.2) is 8.42 Å². The molecule has 7 nitrogen and oxygen atoms in total. The number of piperazine rings is 1. The van der Waals surface area contributed by atoms with Gasteiger partial charge in [0, 0.05) is 38.2 Å². The highest BCUT2D eigenvalue weighted by Gasteiger charge is 2.33. The standard InChI is InChI=1S/C18H23ClN4O3S/c1-13-18(14(2)21(3)20-13)27(25,26)23-10-8-22(9-11-23)17(24)12-15-6-4-5-7-16(15)19/h4-7H,8-12H2,1-3H3. The van der Waals surface area contributed by atoms with Crippen LogP contribution in [0.3, 0.4) is 0 Å². The molecule has 0 radical (unpaired) electrons. The van der Waals surface area contributed by atoms with E-state index in [-0.39, 0.29) is 30.3 Å². The van der Waals surface area contributed by atoms with E-state index < -0.39 is 10.0 Å². The summed E-state index contributed by atoms with van der Waals surface area (Å²) in [6, 6.07) is 7.25. The van der Waals surface area contributed by atoms with E-state index in [9.17, 15) is 13.2 Å². The van der Waals surface area contributed by atoms with E-state index in [2.05, 4.69) is 5.10 Å². The molecule has 1 aliphatic heterocycles. The predicted molar refractivity (Wildman–Crippen MR) is 103 cm³/mol. The molecule has 1 aromatic heterocycles. The number of hydrogen-bond acceptors (Lipinski definition) is 4. The first kappa shape index (κ1) is 19.9. The van der Waals surface area contributed by atoms with Gasteiger partial charge in [0.25, 0.3) is 0 Å². The van der Waals surface area contributed by atoms with Gasteiger partial charge in [0.05, 0.1) is 17.8 Å². The SMILES string of the molecule is Cc1nn(C)c(C)c1S(=O)(=O)N1CCN(C(=O)Cc2ccccc2Cl)CC1. The number of carbonyl (C=O) groups is 1. The van der Waals surface area contributed by atoms with Crippen molar-refractivity contribution in [2.45, 2.75) is 25.2 Å². The van der Waals surface area contributed by atoms with Gasteiger partial charge in [0.1, 0.15) is 4.90 Å². The van der Waals surface area contributed by atoms with Crippen LogP contribution in [0.1, 0.15) is 17.0 Å². The first-order valence-corrected chi connectivity index (χ1v) is 10.5. The number of sulfonamides is 1. The highest BCUT2D eigenvalue weighted by atomic mass is 35.5. The maximum absolute atomic E-state index is 13.0. The summed E-state index contributed by atoms with van der Waals surface area (Å²) >= 11 is 6.12. The third-order valence-corrected chi connectivity index (χ3v) is 7.45. The fourth-order valence-electron chi connectivity index (χ4n) is 3.35. The van der Waals surface area contributed by atoms with Crippen LogP contribution in [0.5, 0.6) is 0 Å². The maximum atomic E-state index is 13.0. The molecule has 1 amide bonds. The number of benzene rings is 1. The molecular formula is C18H23ClN4O3S. The molecule has 2 aromatic rings. The van der Waals surface area contributed by atoms with Crippen molar-refractivity contribution in [3.63, 3.8) is 0 Å². The fraction of sp³-hybridized carbons (Fsp3) is 0.444. The van der Waals surface area contributed by atoms with Gasteiger partial charge in [0.15, 0.2) is 0 Å². The first-order chi connectivity index (χ1) is 12.7. The summed E-state index contributed by atoms with van der Waals surface area (Å²) in [5, 5.41) is 4.77. The highest BCUT2D eigenvalue weighted by Crippen LogP contribution is 2.24. The Morgan fingerprint density at radius 2 is 1.78 bits per heavy atom. The molecule has 27 heavy (non-hydrogen) atoms. The predicted octanol–water partition coefficient (Wildman–Crippen LogP) is 1.77. The van der Waals surface area contributed by atoms with Crippen LogP contribution in [0.4, 0.5) is 0 Å². The van der Waals surface area contributed by atoms with Gasteiger partial charge in [-0.2, -0.15) is 9.40 Å². The van der Waals surface area contributed by atoms with Crippen LogP contribution in [-0.2, 0) is 28.3 Å². The largest absolute Gasteiger partial charge is 0.340 e. The summed E-state index contributed by atoms with van der Waals surface area (Å²) in [4.78, 5) is 14.5. The Balaban J connectivity index is 1.68. The number of halogens is 1. The summed E-state index contributed by atoms with van der Waals surface area (Å²) in [5.41, 5.74) is 1.89. The van der Waals surface area contributed by atoms with E-state index in [4.69, 9.17) is 11.6 Å². The molecule has 0 N–H and O–H groups in total. The zero-order chi connectivity index (χ0) is 19.8. The van der Waals surface area contributed by atoms with Crippen LogP contribution in [0, 0.1) is 13.8 Å². The minimum Gasteiger partial charge on any atom is -0.340 e. The molecule has 0 bridgehead atoms. The Labute approximate surface area is 164 Å². The number of amides is 1. The van der Waals surface area contributed by atoms with Gasteiger partial charge in [-0.05, 0) is 25.5 Å². The Morgan fingerprint density at radius 1 is 1.15 bits per heavy atom. The van der Waals surface area contributed by atoms with E-state index in [0.717, 1.165) is 5.56 Å². The Kier molecular flexibility index (Phi) is 5.60. The number of nitrogens with zero attached hydrogens (tertiary/aromatic N) is 4. The van der Waals surface area contributed by atoms with Crippen molar-refractivity contribution in [2.75, 3.05) is 26.2 Å². The quantitative estimate of drug-likeness (QED) is 0.769. The average Bonchev–Trinajstić information content (AvgIpc) is 2.89. The average molecular weight is 411 g/mol. The zero-order valence-electron chi connectivity index (χ0n) is 15.6. The third kappa shape index (κ3) is 3.88. The second-order valence-electron chi connectivity index (χ2n) is 6.68. The molecule has 2 heterocycles. The van der Waals surface area contributed by atoms with Crippen molar-refractivity contribution in [3.05, 3.63) is 46.2 Å². The second kappa shape index (κ2) is 7.61. The lowest BCUT2D eigenvalue weighted by atomic mass is 10.1. The number of rotatable bonds is 4. The van der Waals surface area contributed by atoms with Crippen LogP contribution in [0.25, 0.3) is 0 Å². The minimum atomic E-state index is -3.63. The molecule has 9 heteroatoms.